The van der Waals surface area contributed by atoms with E-state index in [1.165, 1.54) is 24.3 Å². The number of benzene rings is 2. The zero-order chi connectivity index (χ0) is 25.3. The third kappa shape index (κ3) is 8.06. The predicted molar refractivity (Wildman–Crippen MR) is 128 cm³/mol. The Kier molecular flexibility index (Phi) is 9.92. The molecule has 0 aromatic heterocycles. The molecule has 0 spiro atoms. The van der Waals surface area contributed by atoms with Gasteiger partial charge in [0.25, 0.3) is 5.91 Å². The molecule has 186 valence electrons. The summed E-state index contributed by atoms with van der Waals surface area (Å²) >= 11 is 0. The first-order valence-electron chi connectivity index (χ1n) is 11.2. The molecule has 0 saturated carbocycles. The fourth-order valence-electron chi connectivity index (χ4n) is 3.20. The molecule has 0 heterocycles. The Bertz CT molecular complexity index is 1070. The standard InChI is InChI=1S/C25H33NO7S/c1-6-31-22-12-7-8-13-23(22)33-34(29,30)21-11-9-10-20(14-21)25(28)32-17-24(27)26(15-18(2)3)16-19(4)5/h7-14,18-19H,6,15-17H2,1-5H3. The Hall–Kier alpha value is -3.07. The molecule has 0 aliphatic rings. The van der Waals surface area contributed by atoms with E-state index in [2.05, 4.69) is 0 Å². The number of ether oxygens (including phenoxy) is 2. The SMILES string of the molecule is CCOc1ccccc1OS(=O)(=O)c1cccc(C(=O)OCC(=O)N(CC(C)C)CC(C)C)c1. The summed E-state index contributed by atoms with van der Waals surface area (Å²) in [6.07, 6.45) is 0. The smallest absolute Gasteiger partial charge is 0.339 e. The molecule has 0 bridgehead atoms. The highest BCUT2D eigenvalue weighted by Gasteiger charge is 2.22. The first kappa shape index (κ1) is 27.2. The molecular formula is C25H33NO7S. The summed E-state index contributed by atoms with van der Waals surface area (Å²) in [6, 6.07) is 11.7. The normalized spacial score (nSPS) is 11.4. The molecule has 0 unspecified atom stereocenters. The number of hydrogen-bond donors (Lipinski definition) is 0. The summed E-state index contributed by atoms with van der Waals surface area (Å²) in [5.74, 6) is -0.223. The predicted octanol–water partition coefficient (Wildman–Crippen LogP) is 4.15. The van der Waals surface area contributed by atoms with Crippen molar-refractivity contribution in [3.63, 3.8) is 0 Å². The van der Waals surface area contributed by atoms with E-state index in [1.807, 2.05) is 27.7 Å². The maximum atomic E-state index is 12.8. The van der Waals surface area contributed by atoms with E-state index in [0.29, 0.717) is 19.7 Å². The first-order valence-corrected chi connectivity index (χ1v) is 12.7. The van der Waals surface area contributed by atoms with Crippen LogP contribution >= 0.6 is 0 Å². The van der Waals surface area contributed by atoms with Crippen molar-refractivity contribution in [2.45, 2.75) is 39.5 Å². The van der Waals surface area contributed by atoms with Gasteiger partial charge >= 0.3 is 16.1 Å². The molecule has 1 amide bonds. The molecule has 2 aromatic carbocycles. The molecule has 0 N–H and O–H groups in total. The van der Waals surface area contributed by atoms with Crippen LogP contribution in [0.25, 0.3) is 0 Å². The van der Waals surface area contributed by atoms with E-state index in [0.717, 1.165) is 6.07 Å². The summed E-state index contributed by atoms with van der Waals surface area (Å²) in [5.41, 5.74) is -0.00478. The van der Waals surface area contributed by atoms with Gasteiger partial charge in [-0.1, -0.05) is 45.9 Å². The Morgan fingerprint density at radius 3 is 2.12 bits per heavy atom. The molecule has 2 aromatic rings. The maximum Gasteiger partial charge on any atom is 0.339 e. The third-order valence-electron chi connectivity index (χ3n) is 4.56. The molecule has 9 heteroatoms. The van der Waals surface area contributed by atoms with Crippen LogP contribution < -0.4 is 8.92 Å². The number of carbonyl (C=O) groups is 2. The topological polar surface area (TPSA) is 99.2 Å². The lowest BCUT2D eigenvalue weighted by molar-refractivity contribution is -0.135. The number of hydrogen-bond acceptors (Lipinski definition) is 7. The molecule has 8 nitrogen and oxygen atoms in total. The van der Waals surface area contributed by atoms with Crippen LogP contribution in [-0.4, -0.2) is 51.5 Å². The summed E-state index contributed by atoms with van der Waals surface area (Å²) in [4.78, 5) is 26.6. The fraction of sp³-hybridized carbons (Fsp3) is 0.440. The summed E-state index contributed by atoms with van der Waals surface area (Å²) in [5, 5.41) is 0. The summed E-state index contributed by atoms with van der Waals surface area (Å²) < 4.78 is 41.4. The lowest BCUT2D eigenvalue weighted by Gasteiger charge is -2.26. The molecule has 0 radical (unpaired) electrons. The molecule has 0 aliphatic heterocycles. The average Bonchev–Trinajstić information content (AvgIpc) is 2.77. The molecule has 2 rings (SSSR count). The number of para-hydroxylation sites is 2. The van der Waals surface area contributed by atoms with E-state index in [1.54, 1.807) is 30.0 Å². The highest BCUT2D eigenvalue weighted by Crippen LogP contribution is 2.29. The Morgan fingerprint density at radius 1 is 0.912 bits per heavy atom. The summed E-state index contributed by atoms with van der Waals surface area (Å²) in [6.45, 7) is 10.8. The lowest BCUT2D eigenvalue weighted by Crippen LogP contribution is -2.39. The van der Waals surface area contributed by atoms with E-state index in [4.69, 9.17) is 13.7 Å². The van der Waals surface area contributed by atoms with Gasteiger partial charge in [-0.2, -0.15) is 8.42 Å². The number of amides is 1. The number of nitrogens with zero attached hydrogens (tertiary/aromatic N) is 1. The van der Waals surface area contributed by atoms with Gasteiger partial charge in [0.05, 0.1) is 12.2 Å². The number of carbonyl (C=O) groups excluding carboxylic acids is 2. The van der Waals surface area contributed by atoms with Gasteiger partial charge in [-0.05, 0) is 49.1 Å². The van der Waals surface area contributed by atoms with Crippen molar-refractivity contribution in [3.05, 3.63) is 54.1 Å². The molecular weight excluding hydrogens is 458 g/mol. The lowest BCUT2D eigenvalue weighted by atomic mass is 10.1. The second kappa shape index (κ2) is 12.4. The van der Waals surface area contributed by atoms with E-state index in [9.17, 15) is 18.0 Å². The molecule has 0 saturated heterocycles. The van der Waals surface area contributed by atoms with Crippen LogP contribution in [0, 0.1) is 11.8 Å². The molecule has 0 fully saturated rings. The van der Waals surface area contributed by atoms with Gasteiger partial charge in [-0.3, -0.25) is 4.79 Å². The van der Waals surface area contributed by atoms with Gasteiger partial charge in [-0.15, -0.1) is 0 Å². The second-order valence-electron chi connectivity index (χ2n) is 8.61. The molecule has 0 aliphatic carbocycles. The van der Waals surface area contributed by atoms with Crippen LogP contribution in [0.3, 0.4) is 0 Å². The number of esters is 1. The van der Waals surface area contributed by atoms with Crippen molar-refractivity contribution in [3.8, 4) is 11.5 Å². The monoisotopic (exact) mass is 491 g/mol. The van der Waals surface area contributed by atoms with Crippen LogP contribution in [0.4, 0.5) is 0 Å². The minimum Gasteiger partial charge on any atom is -0.490 e. The van der Waals surface area contributed by atoms with Crippen molar-refractivity contribution in [1.29, 1.82) is 0 Å². The Labute approximate surface area is 201 Å². The molecule has 0 atom stereocenters. The highest BCUT2D eigenvalue weighted by atomic mass is 32.2. The van der Waals surface area contributed by atoms with Crippen molar-refractivity contribution < 1.29 is 31.7 Å². The van der Waals surface area contributed by atoms with Gasteiger partial charge in [0, 0.05) is 13.1 Å². The highest BCUT2D eigenvalue weighted by molar-refractivity contribution is 7.87. The quantitative estimate of drug-likeness (QED) is 0.325. The van der Waals surface area contributed by atoms with Crippen molar-refractivity contribution in [2.24, 2.45) is 11.8 Å². The van der Waals surface area contributed by atoms with Crippen LogP contribution in [0.15, 0.2) is 53.4 Å². The van der Waals surface area contributed by atoms with Crippen molar-refractivity contribution >= 4 is 22.0 Å². The van der Waals surface area contributed by atoms with E-state index < -0.39 is 22.7 Å². The second-order valence-corrected chi connectivity index (χ2v) is 10.2. The van der Waals surface area contributed by atoms with Gasteiger partial charge in [-0.25, -0.2) is 4.79 Å². The van der Waals surface area contributed by atoms with Gasteiger partial charge in [0.15, 0.2) is 18.1 Å². The van der Waals surface area contributed by atoms with Crippen LogP contribution in [0.1, 0.15) is 45.0 Å². The number of rotatable bonds is 12. The average molecular weight is 492 g/mol. The maximum absolute atomic E-state index is 12.8. The van der Waals surface area contributed by atoms with Gasteiger partial charge < -0.3 is 18.6 Å². The Morgan fingerprint density at radius 2 is 1.53 bits per heavy atom. The minimum absolute atomic E-state index is 0.00478. The van der Waals surface area contributed by atoms with Gasteiger partial charge in [0.1, 0.15) is 4.90 Å². The van der Waals surface area contributed by atoms with Crippen molar-refractivity contribution in [2.75, 3.05) is 26.3 Å². The van der Waals surface area contributed by atoms with Crippen LogP contribution in [0.5, 0.6) is 11.5 Å². The first-order chi connectivity index (χ1) is 16.0. The fourth-order valence-corrected chi connectivity index (χ4v) is 4.19. The van der Waals surface area contributed by atoms with Gasteiger partial charge in [0.2, 0.25) is 0 Å². The summed E-state index contributed by atoms with van der Waals surface area (Å²) in [7, 11) is -4.24. The zero-order valence-corrected chi connectivity index (χ0v) is 21.1. The zero-order valence-electron chi connectivity index (χ0n) is 20.3. The van der Waals surface area contributed by atoms with Crippen molar-refractivity contribution in [1.82, 2.24) is 4.90 Å². The van der Waals surface area contributed by atoms with E-state index in [-0.39, 0.29) is 39.7 Å². The minimum atomic E-state index is -4.24. The largest absolute Gasteiger partial charge is 0.490 e. The van der Waals surface area contributed by atoms with Crippen LogP contribution in [-0.2, 0) is 19.6 Å². The third-order valence-corrected chi connectivity index (χ3v) is 5.79. The molecule has 34 heavy (non-hydrogen) atoms. The van der Waals surface area contributed by atoms with Crippen LogP contribution in [0.2, 0.25) is 0 Å². The van der Waals surface area contributed by atoms with E-state index >= 15 is 0 Å². The Balaban J connectivity index is 2.12.